The van der Waals surface area contributed by atoms with Crippen molar-refractivity contribution in [2.24, 2.45) is 5.92 Å². The summed E-state index contributed by atoms with van der Waals surface area (Å²) in [6.07, 6.45) is 8.60. The van der Waals surface area contributed by atoms with Crippen molar-refractivity contribution in [1.29, 1.82) is 0 Å². The molecule has 4 rings (SSSR count). The van der Waals surface area contributed by atoms with Gasteiger partial charge in [-0.1, -0.05) is 37.6 Å². The van der Waals surface area contributed by atoms with Crippen LogP contribution in [0.25, 0.3) is 10.9 Å². The monoisotopic (exact) mass is 421 g/mol. The summed E-state index contributed by atoms with van der Waals surface area (Å²) in [4.78, 5) is 34.0. The molecule has 1 fully saturated rings. The average molecular weight is 422 g/mol. The minimum absolute atomic E-state index is 0.0116. The van der Waals surface area contributed by atoms with E-state index in [0.717, 1.165) is 35.0 Å². The molecule has 0 radical (unpaired) electrons. The van der Waals surface area contributed by atoms with E-state index >= 15 is 0 Å². The lowest BCUT2D eigenvalue weighted by atomic mass is 9.82. The molecule has 1 aromatic carbocycles. The second-order valence-electron chi connectivity index (χ2n) is 8.38. The van der Waals surface area contributed by atoms with Gasteiger partial charge < -0.3 is 19.5 Å². The zero-order chi connectivity index (χ0) is 22.0. The van der Waals surface area contributed by atoms with Gasteiger partial charge in [-0.15, -0.1) is 6.58 Å². The van der Waals surface area contributed by atoms with E-state index in [0.29, 0.717) is 19.4 Å². The number of H-pyrrole nitrogens is 1. The predicted octanol–water partition coefficient (Wildman–Crippen LogP) is 3.96. The van der Waals surface area contributed by atoms with Crippen molar-refractivity contribution >= 4 is 22.7 Å². The van der Waals surface area contributed by atoms with E-state index in [1.54, 1.807) is 18.3 Å². The van der Waals surface area contributed by atoms with Gasteiger partial charge in [-0.25, -0.2) is 0 Å². The van der Waals surface area contributed by atoms with Crippen LogP contribution in [0.1, 0.15) is 43.5 Å². The van der Waals surface area contributed by atoms with Gasteiger partial charge in [-0.2, -0.15) is 0 Å². The Morgan fingerprint density at radius 2 is 2.13 bits per heavy atom. The SMILES string of the molecule is C=CC(CC=COC)C1c2[nH]c3ccccc3c2CC2C(=O)N(CCCC)CC(=O)N21. The highest BCUT2D eigenvalue weighted by Gasteiger charge is 2.49. The van der Waals surface area contributed by atoms with E-state index in [1.165, 1.54) is 0 Å². The van der Waals surface area contributed by atoms with E-state index in [4.69, 9.17) is 4.74 Å². The van der Waals surface area contributed by atoms with Gasteiger partial charge in [-0.3, -0.25) is 9.59 Å². The number of para-hydroxylation sites is 1. The third kappa shape index (κ3) is 3.75. The van der Waals surface area contributed by atoms with Gasteiger partial charge in [-0.05, 0) is 30.5 Å². The van der Waals surface area contributed by atoms with Gasteiger partial charge in [0.25, 0.3) is 0 Å². The van der Waals surface area contributed by atoms with E-state index < -0.39 is 6.04 Å². The van der Waals surface area contributed by atoms with E-state index in [-0.39, 0.29) is 30.3 Å². The van der Waals surface area contributed by atoms with Crippen LogP contribution in [-0.4, -0.2) is 52.8 Å². The molecule has 2 aromatic rings. The summed E-state index contributed by atoms with van der Waals surface area (Å²) < 4.78 is 5.07. The van der Waals surface area contributed by atoms with Gasteiger partial charge in [0, 0.05) is 35.5 Å². The minimum Gasteiger partial charge on any atom is -0.505 e. The molecule has 2 aliphatic rings. The highest BCUT2D eigenvalue weighted by atomic mass is 16.5. The Hall–Kier alpha value is -3.02. The lowest BCUT2D eigenvalue weighted by Gasteiger charge is -2.48. The van der Waals surface area contributed by atoms with Crippen LogP contribution in [0.3, 0.4) is 0 Å². The topological polar surface area (TPSA) is 65.6 Å². The Bertz CT molecular complexity index is 1010. The van der Waals surface area contributed by atoms with Gasteiger partial charge in [0.15, 0.2) is 0 Å². The molecule has 3 unspecified atom stereocenters. The number of ether oxygens (including phenoxy) is 1. The third-order valence-corrected chi connectivity index (χ3v) is 6.52. The Kier molecular flexibility index (Phi) is 6.16. The van der Waals surface area contributed by atoms with E-state index in [9.17, 15) is 9.59 Å². The van der Waals surface area contributed by atoms with Crippen LogP contribution in [0.5, 0.6) is 0 Å². The first kappa shape index (κ1) is 21.2. The normalized spacial score (nSPS) is 22.0. The number of nitrogens with one attached hydrogen (secondary N) is 1. The predicted molar refractivity (Wildman–Crippen MR) is 121 cm³/mol. The molecular formula is C25H31N3O3. The summed E-state index contributed by atoms with van der Waals surface area (Å²) >= 11 is 0. The molecule has 31 heavy (non-hydrogen) atoms. The molecule has 2 aliphatic heterocycles. The fourth-order valence-electron chi connectivity index (χ4n) is 5.01. The molecule has 1 N–H and O–H groups in total. The van der Waals surface area contributed by atoms with Crippen LogP contribution in [0, 0.1) is 5.92 Å². The minimum atomic E-state index is -0.469. The molecule has 3 heterocycles. The summed E-state index contributed by atoms with van der Waals surface area (Å²) in [6.45, 7) is 6.94. The highest BCUT2D eigenvalue weighted by Crippen LogP contribution is 2.44. The molecule has 0 bridgehead atoms. The fourth-order valence-corrected chi connectivity index (χ4v) is 5.01. The van der Waals surface area contributed by atoms with Crippen molar-refractivity contribution in [2.45, 2.75) is 44.7 Å². The molecule has 0 saturated carbocycles. The lowest BCUT2D eigenvalue weighted by molar-refractivity contribution is -0.160. The first-order valence-corrected chi connectivity index (χ1v) is 11.1. The molecule has 0 aliphatic carbocycles. The summed E-state index contributed by atoms with van der Waals surface area (Å²) in [5.74, 6) is 0.0294. The lowest BCUT2D eigenvalue weighted by Crippen LogP contribution is -2.63. The van der Waals surface area contributed by atoms with E-state index in [1.807, 2.05) is 29.2 Å². The third-order valence-electron chi connectivity index (χ3n) is 6.52. The Morgan fingerprint density at radius 1 is 1.32 bits per heavy atom. The van der Waals surface area contributed by atoms with Crippen molar-refractivity contribution in [3.8, 4) is 0 Å². The van der Waals surface area contributed by atoms with Crippen molar-refractivity contribution < 1.29 is 14.3 Å². The number of methoxy groups -OCH3 is 1. The molecule has 2 amide bonds. The maximum absolute atomic E-state index is 13.5. The van der Waals surface area contributed by atoms with Crippen molar-refractivity contribution in [2.75, 3.05) is 20.2 Å². The number of unbranched alkanes of at least 4 members (excludes halogenated alkanes) is 1. The molecular weight excluding hydrogens is 390 g/mol. The van der Waals surface area contributed by atoms with Crippen molar-refractivity contribution in [3.05, 3.63) is 60.5 Å². The number of rotatable bonds is 8. The number of piperazine rings is 1. The number of aromatic nitrogens is 1. The molecule has 0 spiro atoms. The number of carbonyl (C=O) groups excluding carboxylic acids is 2. The number of fused-ring (bicyclic) bond motifs is 4. The molecule has 164 valence electrons. The largest absolute Gasteiger partial charge is 0.505 e. The van der Waals surface area contributed by atoms with Gasteiger partial charge in [0.05, 0.1) is 26.0 Å². The molecule has 1 aromatic heterocycles. The van der Waals surface area contributed by atoms with Crippen LogP contribution in [0.2, 0.25) is 0 Å². The van der Waals surface area contributed by atoms with Crippen LogP contribution in [0.4, 0.5) is 0 Å². The van der Waals surface area contributed by atoms with Gasteiger partial charge >= 0.3 is 0 Å². The maximum atomic E-state index is 13.5. The summed E-state index contributed by atoms with van der Waals surface area (Å²) in [5.41, 5.74) is 3.20. The Morgan fingerprint density at radius 3 is 2.87 bits per heavy atom. The number of amides is 2. The maximum Gasteiger partial charge on any atom is 0.246 e. The highest BCUT2D eigenvalue weighted by molar-refractivity contribution is 5.97. The second kappa shape index (κ2) is 9.00. The second-order valence-corrected chi connectivity index (χ2v) is 8.38. The number of nitrogens with zero attached hydrogens (tertiary/aromatic N) is 2. The first-order valence-electron chi connectivity index (χ1n) is 11.1. The van der Waals surface area contributed by atoms with E-state index in [2.05, 4.69) is 30.6 Å². The number of hydrogen-bond donors (Lipinski definition) is 1. The number of hydrogen-bond acceptors (Lipinski definition) is 3. The number of aromatic amines is 1. The smallest absolute Gasteiger partial charge is 0.246 e. The average Bonchev–Trinajstić information content (AvgIpc) is 3.15. The fraction of sp³-hybridized carbons (Fsp3) is 0.440. The quantitative estimate of drug-likeness (QED) is 0.518. The summed E-state index contributed by atoms with van der Waals surface area (Å²) in [5, 5.41) is 1.13. The van der Waals surface area contributed by atoms with Crippen molar-refractivity contribution in [1.82, 2.24) is 14.8 Å². The van der Waals surface area contributed by atoms with Gasteiger partial charge in [0.2, 0.25) is 11.8 Å². The molecule has 3 atom stereocenters. The molecule has 6 heteroatoms. The van der Waals surface area contributed by atoms with Crippen LogP contribution in [-0.2, 0) is 20.7 Å². The van der Waals surface area contributed by atoms with Crippen LogP contribution < -0.4 is 0 Å². The van der Waals surface area contributed by atoms with Crippen LogP contribution in [0.15, 0.2) is 49.3 Å². The number of carbonyl (C=O) groups is 2. The first-order chi connectivity index (χ1) is 15.1. The van der Waals surface area contributed by atoms with Gasteiger partial charge in [0.1, 0.15) is 6.04 Å². The number of allylic oxidation sites excluding steroid dienone is 1. The zero-order valence-electron chi connectivity index (χ0n) is 18.3. The number of benzene rings is 1. The molecule has 6 nitrogen and oxygen atoms in total. The van der Waals surface area contributed by atoms with Crippen LogP contribution >= 0.6 is 0 Å². The van der Waals surface area contributed by atoms with Crippen molar-refractivity contribution in [3.63, 3.8) is 0 Å². The Labute approximate surface area is 183 Å². The summed E-state index contributed by atoms with van der Waals surface area (Å²) in [7, 11) is 1.61. The zero-order valence-corrected chi connectivity index (χ0v) is 18.3. The Balaban J connectivity index is 1.80. The summed E-state index contributed by atoms with van der Waals surface area (Å²) in [6, 6.07) is 7.44. The standard InChI is InChI=1S/C25H31N3O3/c1-4-6-13-27-16-22(29)28-21(25(27)30)15-19-18-11-7-8-12-20(18)26-23(19)24(28)17(5-2)10-9-14-31-3/h5,7-9,11-12,14,17,21,24,26H,2,4,6,10,13,15-16H2,1,3H3. The molecule has 1 saturated heterocycles.